The average molecular weight is 640 g/mol. The van der Waals surface area contributed by atoms with Crippen LogP contribution in [0, 0.1) is 0 Å². The van der Waals surface area contributed by atoms with E-state index in [0.717, 1.165) is 0 Å². The summed E-state index contributed by atoms with van der Waals surface area (Å²) in [5.74, 6) is 0. The Morgan fingerprint density at radius 2 is 0.884 bits per heavy atom. The van der Waals surface area contributed by atoms with Gasteiger partial charge in [0.25, 0.3) is 0 Å². The number of nitrogens with one attached hydrogen (secondary N) is 1. The van der Waals surface area contributed by atoms with Crippen molar-refractivity contribution in [1.82, 2.24) is 0 Å². The lowest BCUT2D eigenvalue weighted by Crippen LogP contribution is -2.21. The zero-order chi connectivity index (χ0) is 32.0. The highest BCUT2D eigenvalue weighted by molar-refractivity contribution is 7.74. The Balaban J connectivity index is 2.15. The molecule has 4 rings (SSSR count). The highest BCUT2D eigenvalue weighted by Gasteiger charge is 2.45. The summed E-state index contributed by atoms with van der Waals surface area (Å²) < 4.78 is 168. The third kappa shape index (κ3) is 7.01. The Morgan fingerprint density at radius 3 is 1.28 bits per heavy atom. The number of anilines is 2. The molecule has 0 spiro atoms. The molecular weight excluding hydrogens is 623 g/mol. The number of nitrogen functional groups attached to an aromatic ring is 1. The summed E-state index contributed by atoms with van der Waals surface area (Å²) in [4.78, 5) is 0. The Kier molecular flexibility index (Phi) is 8.40. The first kappa shape index (κ1) is 32.0. The second-order valence-corrected chi connectivity index (χ2v) is 11.0. The molecule has 0 radical (unpaired) electrons. The maximum atomic E-state index is 14.4. The van der Waals surface area contributed by atoms with Gasteiger partial charge in [-0.15, -0.1) is 0 Å². The molecule has 0 saturated heterocycles. The second-order valence-electron chi connectivity index (χ2n) is 9.04. The molecule has 3 N–H and O–H groups in total. The predicted molar refractivity (Wildman–Crippen MR) is 139 cm³/mol. The number of hydrogen-bond acceptors (Lipinski definition) is 2. The summed E-state index contributed by atoms with van der Waals surface area (Å²) in [6.07, 6.45) is -22.2. The van der Waals surface area contributed by atoms with Crippen molar-refractivity contribution in [1.29, 1.82) is 0 Å². The molecule has 0 unspecified atom stereocenters. The van der Waals surface area contributed by atoms with Crippen LogP contribution in [0.5, 0.6) is 0 Å². The smallest absolute Gasteiger partial charge is 0.398 e. The molecule has 0 bridgehead atoms. The Morgan fingerprint density at radius 1 is 0.488 bits per heavy atom. The average Bonchev–Trinajstić information content (AvgIpc) is 2.90. The first-order chi connectivity index (χ1) is 19.8. The van der Waals surface area contributed by atoms with E-state index < -0.39 is 89.7 Å². The van der Waals surface area contributed by atoms with E-state index in [9.17, 15) is 52.7 Å². The van der Waals surface area contributed by atoms with Crippen LogP contribution in [0.15, 0.2) is 84.9 Å². The lowest BCUT2D eigenvalue weighted by molar-refractivity contribution is -0.145. The molecule has 2 nitrogen and oxygen atoms in total. The van der Waals surface area contributed by atoms with E-state index in [2.05, 4.69) is 5.09 Å². The SMILES string of the molecule is Nc1cc(C(F)(F)F)cc(C(F)(F)F)c1-c1c(NP(c2ccccc2)c2ccccc2)cc(C(F)(F)F)cc1C(F)(F)F. The number of benzene rings is 4. The van der Waals surface area contributed by atoms with Crippen LogP contribution in [0.1, 0.15) is 22.3 Å². The van der Waals surface area contributed by atoms with E-state index in [4.69, 9.17) is 5.73 Å². The van der Waals surface area contributed by atoms with Gasteiger partial charge in [0.15, 0.2) is 0 Å². The first-order valence-electron chi connectivity index (χ1n) is 11.9. The molecule has 0 aromatic heterocycles. The van der Waals surface area contributed by atoms with E-state index in [1.54, 1.807) is 12.1 Å². The zero-order valence-corrected chi connectivity index (χ0v) is 22.0. The molecule has 43 heavy (non-hydrogen) atoms. The minimum absolute atomic E-state index is 0.00336. The fourth-order valence-corrected chi connectivity index (χ4v) is 6.18. The molecule has 0 aliphatic carbocycles. The normalized spacial score (nSPS) is 13.0. The van der Waals surface area contributed by atoms with Crippen molar-refractivity contribution in [3.8, 4) is 11.1 Å². The van der Waals surface area contributed by atoms with Gasteiger partial charge in [-0.05, 0) is 24.3 Å². The Hall–Kier alpha value is -3.93. The number of alkyl halides is 12. The van der Waals surface area contributed by atoms with Gasteiger partial charge in [-0.3, -0.25) is 0 Å². The van der Waals surface area contributed by atoms with Gasteiger partial charge < -0.3 is 10.8 Å². The first-order valence-corrected chi connectivity index (χ1v) is 13.2. The van der Waals surface area contributed by atoms with E-state index in [1.807, 2.05) is 0 Å². The third-order valence-corrected chi connectivity index (χ3v) is 8.18. The van der Waals surface area contributed by atoms with E-state index in [1.165, 1.54) is 48.5 Å². The summed E-state index contributed by atoms with van der Waals surface area (Å²) in [7, 11) is -2.09. The van der Waals surface area contributed by atoms with Crippen LogP contribution in [0.25, 0.3) is 11.1 Å². The summed E-state index contributed by atoms with van der Waals surface area (Å²) in [6, 6.07) is 14.6. The molecule has 0 aliphatic heterocycles. The number of nitrogens with two attached hydrogens (primary N) is 1. The van der Waals surface area contributed by atoms with Crippen LogP contribution < -0.4 is 21.4 Å². The molecule has 4 aromatic carbocycles. The van der Waals surface area contributed by atoms with E-state index in [-0.39, 0.29) is 12.1 Å². The molecule has 0 fully saturated rings. The van der Waals surface area contributed by atoms with Crippen LogP contribution in [0.2, 0.25) is 0 Å². The lowest BCUT2D eigenvalue weighted by atomic mass is 9.89. The van der Waals surface area contributed by atoms with Crippen LogP contribution in [-0.4, -0.2) is 0 Å². The largest absolute Gasteiger partial charge is 0.417 e. The lowest BCUT2D eigenvalue weighted by Gasteiger charge is -2.28. The monoisotopic (exact) mass is 640 g/mol. The van der Waals surface area contributed by atoms with Gasteiger partial charge in [0.1, 0.15) is 0 Å². The molecule has 0 heterocycles. The number of rotatable bonds is 5. The number of hydrogen-bond donors (Lipinski definition) is 2. The van der Waals surface area contributed by atoms with Gasteiger partial charge in [-0.1, -0.05) is 60.7 Å². The van der Waals surface area contributed by atoms with E-state index >= 15 is 0 Å². The van der Waals surface area contributed by atoms with Gasteiger partial charge in [0, 0.05) is 33.1 Å². The van der Waals surface area contributed by atoms with Crippen molar-refractivity contribution in [3.63, 3.8) is 0 Å². The summed E-state index contributed by atoms with van der Waals surface area (Å²) in [5.41, 5.74) is -8.06. The van der Waals surface area contributed by atoms with Gasteiger partial charge in [-0.2, -0.15) is 52.7 Å². The van der Waals surface area contributed by atoms with Crippen molar-refractivity contribution < 1.29 is 52.7 Å². The zero-order valence-electron chi connectivity index (χ0n) is 21.1. The van der Waals surface area contributed by atoms with Gasteiger partial charge in [0.05, 0.1) is 30.3 Å². The maximum Gasteiger partial charge on any atom is 0.417 e. The minimum Gasteiger partial charge on any atom is -0.398 e. The summed E-state index contributed by atoms with van der Waals surface area (Å²) >= 11 is 0. The minimum atomic E-state index is -5.70. The fraction of sp³-hybridized carbons (Fsp3) is 0.143. The van der Waals surface area contributed by atoms with Crippen molar-refractivity contribution in [2.24, 2.45) is 0 Å². The van der Waals surface area contributed by atoms with Crippen LogP contribution >= 0.6 is 8.07 Å². The van der Waals surface area contributed by atoms with E-state index in [0.29, 0.717) is 10.6 Å². The van der Waals surface area contributed by atoms with Gasteiger partial charge >= 0.3 is 24.7 Å². The molecule has 0 aliphatic rings. The van der Waals surface area contributed by atoms with Gasteiger partial charge in [0.2, 0.25) is 0 Å². The predicted octanol–water partition coefficient (Wildman–Crippen LogP) is 9.47. The Bertz CT molecular complexity index is 1550. The highest BCUT2D eigenvalue weighted by Crippen LogP contribution is 2.53. The molecule has 4 aromatic rings. The molecule has 228 valence electrons. The number of halogens is 12. The van der Waals surface area contributed by atoms with Crippen LogP contribution in [0.4, 0.5) is 64.1 Å². The summed E-state index contributed by atoms with van der Waals surface area (Å²) in [6.45, 7) is 0. The van der Waals surface area contributed by atoms with Crippen molar-refractivity contribution in [3.05, 3.63) is 107 Å². The molecular formula is C28H17F12N2P. The van der Waals surface area contributed by atoms with Crippen molar-refractivity contribution in [2.45, 2.75) is 24.7 Å². The van der Waals surface area contributed by atoms with Crippen molar-refractivity contribution in [2.75, 3.05) is 10.8 Å². The molecule has 0 amide bonds. The highest BCUT2D eigenvalue weighted by atomic mass is 31.1. The second kappa shape index (κ2) is 11.3. The Labute approximate surface area is 236 Å². The molecule has 15 heteroatoms. The topological polar surface area (TPSA) is 38.0 Å². The summed E-state index contributed by atoms with van der Waals surface area (Å²) in [5, 5.41) is 3.29. The third-order valence-electron chi connectivity index (χ3n) is 6.08. The van der Waals surface area contributed by atoms with Gasteiger partial charge in [-0.25, -0.2) is 0 Å². The quantitative estimate of drug-likeness (QED) is 0.130. The van der Waals surface area contributed by atoms with Crippen LogP contribution in [-0.2, 0) is 24.7 Å². The van der Waals surface area contributed by atoms with Crippen LogP contribution in [0.3, 0.4) is 0 Å². The molecule has 0 atom stereocenters. The van der Waals surface area contributed by atoms with Crippen molar-refractivity contribution >= 4 is 30.1 Å². The maximum absolute atomic E-state index is 14.4. The molecule has 0 saturated carbocycles. The fourth-order valence-electron chi connectivity index (χ4n) is 4.27. The standard InChI is InChI=1S/C28H17F12N2P/c29-25(30,31)15-11-19(27(35,36)37)23(21(41)13-15)24-20(28(38,39)40)12-16(26(32,33)34)14-22(24)42-43(17-7-3-1-4-8-17)18-9-5-2-6-10-18/h1-14,42H,41H2.